The first-order valence-electron chi connectivity index (χ1n) is 6.97. The zero-order valence-electron chi connectivity index (χ0n) is 11.9. The van der Waals surface area contributed by atoms with Crippen molar-refractivity contribution in [1.29, 1.82) is 0 Å². The van der Waals surface area contributed by atoms with Gasteiger partial charge in [0.25, 0.3) is 0 Å². The van der Waals surface area contributed by atoms with Crippen molar-refractivity contribution in [3.8, 4) is 5.75 Å². The van der Waals surface area contributed by atoms with Gasteiger partial charge in [-0.25, -0.2) is 4.79 Å². The van der Waals surface area contributed by atoms with Crippen LogP contribution < -0.4 is 5.48 Å². The predicted octanol–water partition coefficient (Wildman–Crippen LogP) is 3.41. The summed E-state index contributed by atoms with van der Waals surface area (Å²) in [5.74, 6) is -0.613. The Bertz CT molecular complexity index is 385. The molecule has 0 saturated heterocycles. The molecule has 0 spiro atoms. The summed E-state index contributed by atoms with van der Waals surface area (Å²) in [6.45, 7) is 2.84. The van der Waals surface area contributed by atoms with Gasteiger partial charge in [0.1, 0.15) is 11.3 Å². The third kappa shape index (κ3) is 7.61. The van der Waals surface area contributed by atoms with Crippen molar-refractivity contribution < 1.29 is 34.2 Å². The van der Waals surface area contributed by atoms with E-state index in [1.807, 2.05) is 0 Å². The van der Waals surface area contributed by atoms with Gasteiger partial charge in [0.15, 0.2) is 0 Å². The number of phenols is 1. The van der Waals surface area contributed by atoms with Crippen molar-refractivity contribution in [2.75, 3.05) is 6.54 Å². The number of unbranched alkanes of at least 4 members (excludes halogenated alkanes) is 5. The third-order valence-corrected chi connectivity index (χ3v) is 2.92. The molecule has 5 heteroatoms. The smallest absolute Gasteiger partial charge is 0.360 e. The fourth-order valence-electron chi connectivity index (χ4n) is 1.80. The molecule has 1 aromatic carbocycles. The molecular weight excluding hydrogens is 343 g/mol. The van der Waals surface area contributed by atoms with Gasteiger partial charge < -0.3 is 9.94 Å². The minimum absolute atomic E-state index is 0. The number of carbonyl (C=O) groups is 1. The van der Waals surface area contributed by atoms with Gasteiger partial charge in [0.05, 0.1) is 0 Å². The molecule has 0 saturated carbocycles. The van der Waals surface area contributed by atoms with Crippen LogP contribution in [0.1, 0.15) is 55.8 Å². The third-order valence-electron chi connectivity index (χ3n) is 2.92. The van der Waals surface area contributed by atoms with E-state index in [2.05, 4.69) is 12.4 Å². The van der Waals surface area contributed by atoms with Gasteiger partial charge >= 0.3 is 5.97 Å². The van der Waals surface area contributed by atoms with E-state index in [4.69, 9.17) is 4.84 Å². The normalized spacial score (nSPS) is 9.85. The molecule has 0 radical (unpaired) electrons. The molecule has 0 bridgehead atoms. The van der Waals surface area contributed by atoms with Gasteiger partial charge in [-0.1, -0.05) is 51.2 Å². The maximum absolute atomic E-state index is 11.6. The summed E-state index contributed by atoms with van der Waals surface area (Å²) in [7, 11) is 0. The number of benzene rings is 1. The number of nitrogens with one attached hydrogen (secondary N) is 1. The summed E-state index contributed by atoms with van der Waals surface area (Å²) in [6, 6.07) is 6.34. The number of hydrogen-bond acceptors (Lipinski definition) is 4. The number of hydroxylamine groups is 1. The van der Waals surface area contributed by atoms with E-state index in [1.165, 1.54) is 37.8 Å². The molecule has 0 aromatic heterocycles. The van der Waals surface area contributed by atoms with Gasteiger partial charge in [0, 0.05) is 26.0 Å². The Morgan fingerprint density at radius 1 is 1.15 bits per heavy atom. The van der Waals surface area contributed by atoms with Crippen LogP contribution in [0, 0.1) is 0 Å². The molecule has 0 fully saturated rings. The molecular formula is C15H23NO3Ru. The Kier molecular flexibility index (Phi) is 11.3. The van der Waals surface area contributed by atoms with Crippen molar-refractivity contribution in [2.45, 2.75) is 45.4 Å². The summed E-state index contributed by atoms with van der Waals surface area (Å²) in [5, 5.41) is 9.48. The molecule has 0 unspecified atom stereocenters. The van der Waals surface area contributed by atoms with Gasteiger partial charge in [-0.2, -0.15) is 5.48 Å². The van der Waals surface area contributed by atoms with E-state index in [9.17, 15) is 9.90 Å². The summed E-state index contributed by atoms with van der Waals surface area (Å²) >= 11 is 0. The number of hydrogen-bond donors (Lipinski definition) is 2. The first-order chi connectivity index (χ1) is 9.25. The van der Waals surface area contributed by atoms with Crippen LogP contribution in [-0.2, 0) is 24.3 Å². The standard InChI is InChI=1S/C15H23NO3.Ru/c1-2-3-4-5-6-9-12-16-19-15(18)13-10-7-8-11-14(13)17;/h7-8,10-11,16-17H,2-6,9,12H2,1H3;. The number of phenolic OH excluding ortho intramolecular Hbond substituents is 1. The first-order valence-corrected chi connectivity index (χ1v) is 6.97. The van der Waals surface area contributed by atoms with Crippen LogP contribution in [0.15, 0.2) is 24.3 Å². The van der Waals surface area contributed by atoms with Crippen LogP contribution in [0.5, 0.6) is 5.75 Å². The quantitative estimate of drug-likeness (QED) is 0.399. The summed E-state index contributed by atoms with van der Waals surface area (Å²) in [4.78, 5) is 16.5. The van der Waals surface area contributed by atoms with Crippen molar-refractivity contribution in [3.05, 3.63) is 29.8 Å². The summed E-state index contributed by atoms with van der Waals surface area (Å²) in [5.41, 5.74) is 2.82. The molecule has 0 aliphatic carbocycles. The van der Waals surface area contributed by atoms with Crippen LogP contribution in [0.4, 0.5) is 0 Å². The molecule has 0 amide bonds. The Hall–Kier alpha value is -0.927. The van der Waals surface area contributed by atoms with Gasteiger partial charge in [-0.05, 0) is 18.6 Å². The topological polar surface area (TPSA) is 58.6 Å². The molecule has 0 aliphatic heterocycles. The van der Waals surface area contributed by atoms with Gasteiger partial charge in [-0.3, -0.25) is 0 Å². The molecule has 1 aromatic rings. The maximum Gasteiger partial charge on any atom is 0.360 e. The second-order valence-corrected chi connectivity index (χ2v) is 4.57. The Balaban J connectivity index is 0.00000361. The van der Waals surface area contributed by atoms with E-state index in [0.29, 0.717) is 6.54 Å². The van der Waals surface area contributed by atoms with Crippen molar-refractivity contribution in [1.82, 2.24) is 5.48 Å². The molecule has 0 aliphatic rings. The Morgan fingerprint density at radius 2 is 1.80 bits per heavy atom. The minimum atomic E-state index is -0.552. The van der Waals surface area contributed by atoms with Crippen LogP contribution in [0.2, 0.25) is 0 Å². The molecule has 0 atom stereocenters. The molecule has 4 nitrogen and oxygen atoms in total. The Labute approximate surface area is 133 Å². The number of para-hydroxylation sites is 1. The van der Waals surface area contributed by atoms with Crippen molar-refractivity contribution in [3.63, 3.8) is 0 Å². The minimum Gasteiger partial charge on any atom is -0.507 e. The molecule has 1 rings (SSSR count). The second-order valence-electron chi connectivity index (χ2n) is 4.57. The molecule has 114 valence electrons. The van der Waals surface area contributed by atoms with E-state index in [0.717, 1.165) is 12.8 Å². The summed E-state index contributed by atoms with van der Waals surface area (Å²) in [6.07, 6.45) is 7.15. The fourth-order valence-corrected chi connectivity index (χ4v) is 1.80. The van der Waals surface area contributed by atoms with Crippen molar-refractivity contribution in [2.24, 2.45) is 0 Å². The molecule has 2 N–H and O–H groups in total. The van der Waals surface area contributed by atoms with Gasteiger partial charge in [0.2, 0.25) is 0 Å². The number of carbonyl (C=O) groups excluding carboxylic acids is 1. The maximum atomic E-state index is 11.6. The summed E-state index contributed by atoms with van der Waals surface area (Å²) < 4.78 is 0. The van der Waals surface area contributed by atoms with E-state index in [-0.39, 0.29) is 30.8 Å². The van der Waals surface area contributed by atoms with E-state index in [1.54, 1.807) is 12.1 Å². The van der Waals surface area contributed by atoms with Crippen molar-refractivity contribution >= 4 is 5.97 Å². The molecule has 20 heavy (non-hydrogen) atoms. The largest absolute Gasteiger partial charge is 0.507 e. The van der Waals surface area contributed by atoms with E-state index >= 15 is 0 Å². The zero-order chi connectivity index (χ0) is 13.9. The zero-order valence-corrected chi connectivity index (χ0v) is 13.6. The number of rotatable bonds is 9. The fraction of sp³-hybridized carbons (Fsp3) is 0.533. The average Bonchev–Trinajstić information content (AvgIpc) is 2.42. The van der Waals surface area contributed by atoms with Gasteiger partial charge in [-0.15, -0.1) is 0 Å². The predicted molar refractivity (Wildman–Crippen MR) is 74.9 cm³/mol. The van der Waals surface area contributed by atoms with Crippen LogP contribution >= 0.6 is 0 Å². The van der Waals surface area contributed by atoms with Crippen LogP contribution in [0.3, 0.4) is 0 Å². The van der Waals surface area contributed by atoms with Crippen LogP contribution in [0.25, 0.3) is 0 Å². The molecule has 0 heterocycles. The van der Waals surface area contributed by atoms with E-state index < -0.39 is 5.97 Å². The first kappa shape index (κ1) is 19.1. The average molecular weight is 366 g/mol. The number of aromatic hydroxyl groups is 1. The van der Waals surface area contributed by atoms with Crippen LogP contribution in [-0.4, -0.2) is 17.6 Å². The Morgan fingerprint density at radius 3 is 2.50 bits per heavy atom. The monoisotopic (exact) mass is 367 g/mol. The SMILES string of the molecule is CCCCCCCCNOC(=O)c1ccccc1O.[Ru]. The second kappa shape index (κ2) is 11.9.